The van der Waals surface area contributed by atoms with E-state index in [4.69, 9.17) is 4.74 Å². The Morgan fingerprint density at radius 2 is 2.23 bits per heavy atom. The molecule has 74 valence electrons. The zero-order valence-electron chi connectivity index (χ0n) is 8.08. The molecular formula is C9H15NO3. The van der Waals surface area contributed by atoms with Crippen LogP contribution >= 0.6 is 0 Å². The Bertz CT molecular complexity index is 215. The van der Waals surface area contributed by atoms with Crippen LogP contribution in [0.5, 0.6) is 0 Å². The van der Waals surface area contributed by atoms with Crippen LogP contribution in [0, 0.1) is 0 Å². The van der Waals surface area contributed by atoms with Crippen molar-refractivity contribution in [3.63, 3.8) is 0 Å². The minimum atomic E-state index is -0.0693. The Labute approximate surface area is 77.8 Å². The molecule has 0 saturated carbocycles. The fourth-order valence-corrected chi connectivity index (χ4v) is 1.33. The molecule has 1 rings (SSSR count). The van der Waals surface area contributed by atoms with Gasteiger partial charge in [0.15, 0.2) is 0 Å². The Hall–Kier alpha value is -0.900. The molecule has 1 amide bonds. The Balaban J connectivity index is 2.42. The van der Waals surface area contributed by atoms with Crippen molar-refractivity contribution in [2.75, 3.05) is 20.2 Å². The van der Waals surface area contributed by atoms with Gasteiger partial charge >= 0.3 is 0 Å². The highest BCUT2D eigenvalue weighted by Gasteiger charge is 2.24. The lowest BCUT2D eigenvalue weighted by Gasteiger charge is -2.28. The van der Waals surface area contributed by atoms with E-state index in [1.54, 1.807) is 12.0 Å². The van der Waals surface area contributed by atoms with Crippen LogP contribution < -0.4 is 0 Å². The molecule has 1 atom stereocenters. The van der Waals surface area contributed by atoms with Crippen LogP contribution in [0.15, 0.2) is 0 Å². The van der Waals surface area contributed by atoms with Gasteiger partial charge in [0.2, 0.25) is 5.91 Å². The summed E-state index contributed by atoms with van der Waals surface area (Å²) in [5, 5.41) is 0. The first-order valence-electron chi connectivity index (χ1n) is 4.45. The van der Waals surface area contributed by atoms with Gasteiger partial charge in [-0.2, -0.15) is 0 Å². The maximum atomic E-state index is 11.3. The maximum absolute atomic E-state index is 11.3. The van der Waals surface area contributed by atoms with E-state index in [1.807, 2.05) is 6.92 Å². The Kier molecular flexibility index (Phi) is 3.42. The zero-order valence-corrected chi connectivity index (χ0v) is 8.08. The largest absolute Gasteiger partial charge is 0.380 e. The summed E-state index contributed by atoms with van der Waals surface area (Å²) in [5.74, 6) is -0.0218. The monoisotopic (exact) mass is 185 g/mol. The topological polar surface area (TPSA) is 46.6 Å². The number of carbonyl (C=O) groups excluding carboxylic acids is 2. The van der Waals surface area contributed by atoms with Crippen LogP contribution in [-0.4, -0.2) is 42.9 Å². The van der Waals surface area contributed by atoms with Crippen LogP contribution in [0.3, 0.4) is 0 Å². The van der Waals surface area contributed by atoms with Gasteiger partial charge in [-0.1, -0.05) is 0 Å². The molecule has 1 aliphatic heterocycles. The van der Waals surface area contributed by atoms with E-state index < -0.39 is 0 Å². The molecule has 0 N–H and O–H groups in total. The highest BCUT2D eigenvalue weighted by molar-refractivity contribution is 6.00. The number of carbonyl (C=O) groups is 2. The molecule has 1 unspecified atom stereocenters. The van der Waals surface area contributed by atoms with Crippen LogP contribution in [0.4, 0.5) is 0 Å². The summed E-state index contributed by atoms with van der Waals surface area (Å²) < 4.78 is 5.05. The maximum Gasteiger partial charge on any atom is 0.230 e. The summed E-state index contributed by atoms with van der Waals surface area (Å²) in [7, 11) is 1.62. The first kappa shape index (κ1) is 10.2. The molecule has 0 aromatic heterocycles. The first-order valence-corrected chi connectivity index (χ1v) is 4.45. The van der Waals surface area contributed by atoms with Gasteiger partial charge < -0.3 is 9.64 Å². The molecule has 0 radical (unpaired) electrons. The van der Waals surface area contributed by atoms with Crippen molar-refractivity contribution in [2.45, 2.75) is 25.9 Å². The van der Waals surface area contributed by atoms with Gasteiger partial charge in [-0.05, 0) is 6.92 Å². The van der Waals surface area contributed by atoms with Crippen LogP contribution in [0.2, 0.25) is 0 Å². The number of methoxy groups -OCH3 is 1. The zero-order chi connectivity index (χ0) is 9.84. The summed E-state index contributed by atoms with van der Waals surface area (Å²) in [6.45, 7) is 3.04. The number of Topliss-reactive ketones (excluding diaryl/α,β-unsaturated/α-hetero) is 1. The number of ketones is 1. The minimum Gasteiger partial charge on any atom is -0.380 e. The minimum absolute atomic E-state index is 0.0390. The standard InChI is InChI=1S/C9H15NO3/c1-7(13-2)6-10-4-3-8(11)5-9(10)12/h7H,3-6H2,1-2H3. The van der Waals surface area contributed by atoms with Gasteiger partial charge in [0.25, 0.3) is 0 Å². The second-order valence-corrected chi connectivity index (χ2v) is 3.35. The van der Waals surface area contributed by atoms with E-state index in [-0.39, 0.29) is 24.2 Å². The van der Waals surface area contributed by atoms with E-state index in [0.29, 0.717) is 19.5 Å². The quantitative estimate of drug-likeness (QED) is 0.591. The van der Waals surface area contributed by atoms with E-state index in [9.17, 15) is 9.59 Å². The molecule has 0 aromatic rings. The predicted molar refractivity (Wildman–Crippen MR) is 47.3 cm³/mol. The second-order valence-electron chi connectivity index (χ2n) is 3.35. The number of likely N-dealkylation sites (tertiary alicyclic amines) is 1. The number of piperidine rings is 1. The molecule has 1 saturated heterocycles. The van der Waals surface area contributed by atoms with E-state index >= 15 is 0 Å². The first-order chi connectivity index (χ1) is 6.13. The normalized spacial score (nSPS) is 20.6. The molecule has 4 heteroatoms. The number of rotatable bonds is 3. The fraction of sp³-hybridized carbons (Fsp3) is 0.778. The van der Waals surface area contributed by atoms with Gasteiger partial charge in [0.05, 0.1) is 12.5 Å². The molecular weight excluding hydrogens is 170 g/mol. The summed E-state index contributed by atoms with van der Waals surface area (Å²) >= 11 is 0. The molecule has 0 aliphatic carbocycles. The van der Waals surface area contributed by atoms with Crippen molar-refractivity contribution in [1.29, 1.82) is 0 Å². The second kappa shape index (κ2) is 4.37. The van der Waals surface area contributed by atoms with Gasteiger partial charge in [-0.3, -0.25) is 9.59 Å². The van der Waals surface area contributed by atoms with Crippen molar-refractivity contribution < 1.29 is 14.3 Å². The smallest absolute Gasteiger partial charge is 0.230 e. The van der Waals surface area contributed by atoms with Gasteiger partial charge in [-0.25, -0.2) is 0 Å². The third-order valence-electron chi connectivity index (χ3n) is 2.24. The molecule has 1 heterocycles. The molecule has 4 nitrogen and oxygen atoms in total. The van der Waals surface area contributed by atoms with Crippen molar-refractivity contribution in [3.8, 4) is 0 Å². The molecule has 0 spiro atoms. The Morgan fingerprint density at radius 1 is 1.54 bits per heavy atom. The fourth-order valence-electron chi connectivity index (χ4n) is 1.33. The van der Waals surface area contributed by atoms with Gasteiger partial charge in [0.1, 0.15) is 5.78 Å². The molecule has 0 bridgehead atoms. The van der Waals surface area contributed by atoms with Crippen molar-refractivity contribution in [3.05, 3.63) is 0 Å². The summed E-state index contributed by atoms with van der Waals surface area (Å²) in [6.07, 6.45) is 0.593. The highest BCUT2D eigenvalue weighted by atomic mass is 16.5. The van der Waals surface area contributed by atoms with E-state index in [2.05, 4.69) is 0 Å². The predicted octanol–water partition coefficient (Wildman–Crippen LogP) is 0.213. The number of hydrogen-bond donors (Lipinski definition) is 0. The van der Waals surface area contributed by atoms with Crippen LogP contribution in [0.25, 0.3) is 0 Å². The number of nitrogens with zero attached hydrogens (tertiary/aromatic N) is 1. The van der Waals surface area contributed by atoms with Crippen molar-refractivity contribution in [1.82, 2.24) is 4.90 Å². The molecule has 1 aliphatic rings. The number of amides is 1. The average Bonchev–Trinajstić information content (AvgIpc) is 2.09. The third kappa shape index (κ3) is 2.81. The number of ether oxygens (including phenoxy) is 1. The van der Waals surface area contributed by atoms with Gasteiger partial charge in [-0.15, -0.1) is 0 Å². The van der Waals surface area contributed by atoms with E-state index in [0.717, 1.165) is 0 Å². The molecule has 1 fully saturated rings. The molecule has 13 heavy (non-hydrogen) atoms. The van der Waals surface area contributed by atoms with Crippen molar-refractivity contribution >= 4 is 11.7 Å². The lowest BCUT2D eigenvalue weighted by atomic mass is 10.1. The SMILES string of the molecule is COC(C)CN1CCC(=O)CC1=O. The lowest BCUT2D eigenvalue weighted by molar-refractivity contribution is -0.140. The van der Waals surface area contributed by atoms with Crippen molar-refractivity contribution in [2.24, 2.45) is 0 Å². The molecule has 0 aromatic carbocycles. The van der Waals surface area contributed by atoms with Gasteiger partial charge in [0, 0.05) is 26.6 Å². The van der Waals surface area contributed by atoms with E-state index in [1.165, 1.54) is 0 Å². The third-order valence-corrected chi connectivity index (χ3v) is 2.24. The lowest BCUT2D eigenvalue weighted by Crippen LogP contribution is -2.42. The summed E-state index contributed by atoms with van der Waals surface area (Å²) in [6, 6.07) is 0. The number of hydrogen-bond acceptors (Lipinski definition) is 3. The highest BCUT2D eigenvalue weighted by Crippen LogP contribution is 2.08. The Morgan fingerprint density at radius 3 is 2.77 bits per heavy atom. The van der Waals surface area contributed by atoms with Crippen LogP contribution in [0.1, 0.15) is 19.8 Å². The summed E-state index contributed by atoms with van der Waals surface area (Å²) in [5.41, 5.74) is 0. The van der Waals surface area contributed by atoms with Crippen LogP contribution in [-0.2, 0) is 14.3 Å². The summed E-state index contributed by atoms with van der Waals surface area (Å²) in [4.78, 5) is 23.9. The average molecular weight is 185 g/mol.